The lowest BCUT2D eigenvalue weighted by atomic mass is 10.2. The van der Waals surface area contributed by atoms with Gasteiger partial charge in [-0.3, -0.25) is 4.79 Å². The second-order valence-corrected chi connectivity index (χ2v) is 3.54. The van der Waals surface area contributed by atoms with Crippen LogP contribution in [-0.2, 0) is 4.79 Å². The third-order valence-electron chi connectivity index (χ3n) is 1.98. The Morgan fingerprint density at radius 1 is 1.50 bits per heavy atom. The van der Waals surface area contributed by atoms with Crippen LogP contribution in [0.1, 0.15) is 13.8 Å². The molecule has 0 fully saturated rings. The number of aromatic nitrogens is 4. The Balaban J connectivity index is 2.43. The van der Waals surface area contributed by atoms with E-state index in [1.807, 2.05) is 0 Å². The molecule has 7 nitrogen and oxygen atoms in total. The molecule has 0 radical (unpaired) electrons. The van der Waals surface area contributed by atoms with E-state index in [1.165, 1.54) is 12.7 Å². The molecule has 16 heavy (non-hydrogen) atoms. The van der Waals surface area contributed by atoms with Crippen LogP contribution in [0.25, 0.3) is 11.2 Å². The second-order valence-electron chi connectivity index (χ2n) is 3.54. The predicted octanol–water partition coefficient (Wildman–Crippen LogP) is -0.269. The Hall–Kier alpha value is -2.18. The number of hydrogen-bond acceptors (Lipinski definition) is 5. The average Bonchev–Trinajstić information content (AvgIpc) is 2.63. The van der Waals surface area contributed by atoms with Crippen LogP contribution in [0.5, 0.6) is 0 Å². The third-order valence-corrected chi connectivity index (χ3v) is 1.98. The molecule has 0 unspecified atom stereocenters. The maximum Gasteiger partial charge on any atom is 0.335 e. The summed E-state index contributed by atoms with van der Waals surface area (Å²) >= 11 is 0. The first-order valence-corrected chi connectivity index (χ1v) is 4.72. The highest BCUT2D eigenvalue weighted by Gasteiger charge is 2.13. The van der Waals surface area contributed by atoms with Crippen molar-refractivity contribution in [1.29, 1.82) is 0 Å². The van der Waals surface area contributed by atoms with Crippen molar-refractivity contribution >= 4 is 17.1 Å². The van der Waals surface area contributed by atoms with E-state index in [0.29, 0.717) is 5.65 Å². The zero-order chi connectivity index (χ0) is 11.7. The van der Waals surface area contributed by atoms with Gasteiger partial charge < -0.3 is 9.82 Å². The SMILES string of the molecule is CC(C)C(=O)On1cnc2c(=O)nc[nH]c21. The Morgan fingerprint density at radius 3 is 2.94 bits per heavy atom. The van der Waals surface area contributed by atoms with Crippen molar-refractivity contribution in [2.45, 2.75) is 13.8 Å². The summed E-state index contributed by atoms with van der Waals surface area (Å²) in [6, 6.07) is 0. The van der Waals surface area contributed by atoms with Crippen molar-refractivity contribution in [2.75, 3.05) is 0 Å². The van der Waals surface area contributed by atoms with E-state index in [9.17, 15) is 9.59 Å². The summed E-state index contributed by atoms with van der Waals surface area (Å²) in [5.74, 6) is -0.664. The topological polar surface area (TPSA) is 89.9 Å². The largest absolute Gasteiger partial charge is 0.335 e. The molecule has 1 N–H and O–H groups in total. The van der Waals surface area contributed by atoms with Gasteiger partial charge in [-0.05, 0) is 0 Å². The van der Waals surface area contributed by atoms with Crippen LogP contribution >= 0.6 is 0 Å². The zero-order valence-corrected chi connectivity index (χ0v) is 8.80. The van der Waals surface area contributed by atoms with E-state index in [1.54, 1.807) is 13.8 Å². The van der Waals surface area contributed by atoms with Gasteiger partial charge in [0, 0.05) is 0 Å². The summed E-state index contributed by atoms with van der Waals surface area (Å²) in [7, 11) is 0. The molecule has 0 aliphatic carbocycles. The molecule has 7 heteroatoms. The number of imidazole rings is 1. The predicted molar refractivity (Wildman–Crippen MR) is 54.6 cm³/mol. The number of fused-ring (bicyclic) bond motifs is 1. The van der Waals surface area contributed by atoms with Gasteiger partial charge in [0.25, 0.3) is 0 Å². The second kappa shape index (κ2) is 3.76. The maximum atomic E-state index is 11.4. The van der Waals surface area contributed by atoms with Crippen molar-refractivity contribution in [1.82, 2.24) is 19.7 Å². The van der Waals surface area contributed by atoms with E-state index in [2.05, 4.69) is 15.0 Å². The van der Waals surface area contributed by atoms with Gasteiger partial charge in [0.2, 0.25) is 0 Å². The summed E-state index contributed by atoms with van der Waals surface area (Å²) in [6.45, 7) is 3.43. The molecule has 0 aliphatic rings. The third kappa shape index (κ3) is 1.67. The Bertz CT molecular complexity index is 584. The van der Waals surface area contributed by atoms with Gasteiger partial charge in [-0.1, -0.05) is 13.8 Å². The number of carbonyl (C=O) groups is 1. The number of rotatable bonds is 2. The lowest BCUT2D eigenvalue weighted by Crippen LogP contribution is -2.23. The van der Waals surface area contributed by atoms with Gasteiger partial charge in [0.1, 0.15) is 6.33 Å². The highest BCUT2D eigenvalue weighted by atomic mass is 16.7. The molecule has 0 aromatic carbocycles. The normalized spacial score (nSPS) is 10.9. The highest BCUT2D eigenvalue weighted by Crippen LogP contribution is 2.03. The van der Waals surface area contributed by atoms with E-state index in [4.69, 9.17) is 4.84 Å². The van der Waals surface area contributed by atoms with E-state index >= 15 is 0 Å². The average molecular weight is 222 g/mol. The number of nitrogens with one attached hydrogen (secondary N) is 1. The summed E-state index contributed by atoms with van der Waals surface area (Å²) in [5, 5.41) is 0. The van der Waals surface area contributed by atoms with Crippen molar-refractivity contribution in [3.8, 4) is 0 Å². The van der Waals surface area contributed by atoms with Crippen LogP contribution in [0, 0.1) is 5.92 Å². The van der Waals surface area contributed by atoms with Crippen LogP contribution in [0.2, 0.25) is 0 Å². The van der Waals surface area contributed by atoms with Crippen LogP contribution < -0.4 is 10.4 Å². The molecule has 2 heterocycles. The number of carbonyl (C=O) groups excluding carboxylic acids is 1. The van der Waals surface area contributed by atoms with Crippen molar-refractivity contribution in [3.63, 3.8) is 0 Å². The van der Waals surface area contributed by atoms with Crippen molar-refractivity contribution in [3.05, 3.63) is 23.0 Å². The quantitative estimate of drug-likeness (QED) is 0.755. The standard InChI is InChI=1S/C9H10N4O3/c1-5(2)9(15)16-13-4-12-6-7(13)10-3-11-8(6)14/h3-5H,1-2H3,(H,10,11,14). The van der Waals surface area contributed by atoms with Gasteiger partial charge >= 0.3 is 11.5 Å². The molecular weight excluding hydrogens is 212 g/mol. The van der Waals surface area contributed by atoms with Gasteiger partial charge in [-0.2, -0.15) is 4.98 Å². The molecule has 0 aliphatic heterocycles. The minimum atomic E-state index is -0.465. The minimum Gasteiger partial charge on any atom is -0.333 e. The lowest BCUT2D eigenvalue weighted by Gasteiger charge is -2.06. The van der Waals surface area contributed by atoms with Gasteiger partial charge in [0.15, 0.2) is 11.2 Å². The molecule has 0 spiro atoms. The first-order valence-electron chi connectivity index (χ1n) is 4.72. The molecule has 0 atom stereocenters. The fraction of sp³-hybridized carbons (Fsp3) is 0.333. The summed E-state index contributed by atoms with van der Waals surface area (Å²) in [6.07, 6.45) is 2.48. The highest BCUT2D eigenvalue weighted by molar-refractivity contribution is 5.74. The molecule has 2 rings (SSSR count). The lowest BCUT2D eigenvalue weighted by molar-refractivity contribution is -0.147. The fourth-order valence-electron chi connectivity index (χ4n) is 1.11. The molecule has 0 saturated heterocycles. The fourth-order valence-corrected chi connectivity index (χ4v) is 1.11. The number of aromatic amines is 1. The van der Waals surface area contributed by atoms with Crippen molar-refractivity contribution < 1.29 is 9.63 Å². The summed E-state index contributed by atoms with van der Waals surface area (Å²) in [4.78, 5) is 37.6. The minimum absolute atomic E-state index is 0.138. The molecule has 84 valence electrons. The molecule has 0 bridgehead atoms. The Kier molecular flexibility index (Phi) is 2.43. The van der Waals surface area contributed by atoms with Crippen molar-refractivity contribution in [2.24, 2.45) is 5.92 Å². The molecule has 2 aromatic rings. The number of hydrogen-bond donors (Lipinski definition) is 1. The van der Waals surface area contributed by atoms with Crippen LogP contribution in [-0.4, -0.2) is 25.7 Å². The Morgan fingerprint density at radius 2 is 2.25 bits per heavy atom. The monoisotopic (exact) mass is 222 g/mol. The summed E-state index contributed by atoms with van der Waals surface area (Å²) < 4.78 is 1.13. The summed E-state index contributed by atoms with van der Waals surface area (Å²) in [5.41, 5.74) is -0.0128. The van der Waals surface area contributed by atoms with E-state index < -0.39 is 11.5 Å². The first-order chi connectivity index (χ1) is 7.59. The van der Waals surface area contributed by atoms with Gasteiger partial charge in [-0.25, -0.2) is 9.78 Å². The molecule has 0 amide bonds. The number of nitrogens with zero attached hydrogens (tertiary/aromatic N) is 3. The molecule has 2 aromatic heterocycles. The van der Waals surface area contributed by atoms with Gasteiger partial charge in [0.05, 0.1) is 12.2 Å². The van der Waals surface area contributed by atoms with E-state index in [0.717, 1.165) is 4.73 Å². The van der Waals surface area contributed by atoms with E-state index in [-0.39, 0.29) is 11.4 Å². The Labute approximate surface area is 90.0 Å². The number of H-pyrrole nitrogens is 1. The van der Waals surface area contributed by atoms with Gasteiger partial charge in [-0.15, -0.1) is 4.73 Å². The van der Waals surface area contributed by atoms with Crippen LogP contribution in [0.3, 0.4) is 0 Å². The van der Waals surface area contributed by atoms with Crippen LogP contribution in [0.4, 0.5) is 0 Å². The van der Waals surface area contributed by atoms with Crippen LogP contribution in [0.15, 0.2) is 17.4 Å². The maximum absolute atomic E-state index is 11.4. The smallest absolute Gasteiger partial charge is 0.333 e. The first kappa shape index (κ1) is 10.3. The zero-order valence-electron chi connectivity index (χ0n) is 8.80. The molecule has 0 saturated carbocycles. The molecular formula is C9H10N4O3.